The van der Waals surface area contributed by atoms with E-state index in [0.29, 0.717) is 42.2 Å². The number of methoxy groups -OCH3 is 1. The number of fused-ring (bicyclic) bond motifs is 1. The number of esters is 1. The number of benzene rings is 1. The Morgan fingerprint density at radius 1 is 1.24 bits per heavy atom. The number of pyridine rings is 2. The zero-order valence-electron chi connectivity index (χ0n) is 23.5. The Morgan fingerprint density at radius 3 is 2.71 bits per heavy atom. The molecule has 0 amide bonds. The zero-order valence-corrected chi connectivity index (χ0v) is 23.5. The molecule has 0 radical (unpaired) electrons. The summed E-state index contributed by atoms with van der Waals surface area (Å²) in [7, 11) is 1.23. The molecule has 210 valence electrons. The number of rotatable bonds is 5. The maximum Gasteiger partial charge on any atom is 0.355 e. The predicted molar refractivity (Wildman–Crippen MR) is 153 cm³/mol. The molecule has 10 nitrogen and oxygen atoms in total. The lowest BCUT2D eigenvalue weighted by Crippen LogP contribution is -2.50. The summed E-state index contributed by atoms with van der Waals surface area (Å²) in [6.45, 7) is 9.82. The number of halogens is 1. The number of nitriles is 1. The van der Waals surface area contributed by atoms with E-state index < -0.39 is 17.5 Å². The fourth-order valence-electron chi connectivity index (χ4n) is 5.23. The molecular formula is C30H30FN7O3. The lowest BCUT2D eigenvalue weighted by molar-refractivity contribution is 0.0600. The fraction of sp³-hybridized carbons (Fsp3) is 0.333. The number of hydrogen-bond donors (Lipinski definition) is 1. The van der Waals surface area contributed by atoms with Gasteiger partial charge in [-0.3, -0.25) is 4.98 Å². The van der Waals surface area contributed by atoms with Gasteiger partial charge in [-0.2, -0.15) is 10.2 Å². The van der Waals surface area contributed by atoms with Crippen LogP contribution in [0, 0.1) is 24.1 Å². The second-order valence-electron chi connectivity index (χ2n) is 10.4. The molecule has 4 heterocycles. The minimum Gasteiger partial charge on any atom is -0.465 e. The smallest absolute Gasteiger partial charge is 0.355 e. The monoisotopic (exact) mass is 555 g/mol. The second kappa shape index (κ2) is 11.1. The van der Waals surface area contributed by atoms with Crippen molar-refractivity contribution < 1.29 is 13.9 Å². The van der Waals surface area contributed by atoms with E-state index in [1.54, 1.807) is 18.3 Å². The highest BCUT2D eigenvalue weighted by Gasteiger charge is 2.28. The molecule has 0 spiro atoms. The number of hydrogen-bond acceptors (Lipinski definition) is 9. The fourth-order valence-corrected chi connectivity index (χ4v) is 5.23. The average Bonchev–Trinajstić information content (AvgIpc) is 2.96. The van der Waals surface area contributed by atoms with E-state index in [0.717, 1.165) is 11.6 Å². The second-order valence-corrected chi connectivity index (χ2v) is 10.4. The first-order valence-electron chi connectivity index (χ1n) is 13.4. The van der Waals surface area contributed by atoms with E-state index in [4.69, 9.17) is 9.72 Å². The molecule has 0 unspecified atom stereocenters. The van der Waals surface area contributed by atoms with Gasteiger partial charge in [0, 0.05) is 37.4 Å². The molecule has 0 aliphatic carbocycles. The Bertz CT molecular complexity index is 1780. The van der Waals surface area contributed by atoms with E-state index in [2.05, 4.69) is 21.4 Å². The van der Waals surface area contributed by atoms with Gasteiger partial charge in [0.05, 0.1) is 40.7 Å². The van der Waals surface area contributed by atoms with Crippen LogP contribution in [0.4, 0.5) is 10.2 Å². The molecule has 0 bridgehead atoms. The minimum atomic E-state index is -0.680. The molecule has 1 atom stereocenters. The minimum absolute atomic E-state index is 0.00504. The largest absolute Gasteiger partial charge is 0.465 e. The number of anilines is 1. The van der Waals surface area contributed by atoms with E-state index in [9.17, 15) is 14.9 Å². The van der Waals surface area contributed by atoms with Crippen molar-refractivity contribution >= 4 is 22.8 Å². The molecule has 5 rings (SSSR count). The SMILES string of the molecule is COC(=O)c1ccc(F)c(-c2nc3c(cc2C#N)c(N2CCNC[C@@H]2C)nc(=O)n3-c2c(C)ccnc2C(C)C)c1. The summed E-state index contributed by atoms with van der Waals surface area (Å²) in [4.78, 5) is 42.1. The summed E-state index contributed by atoms with van der Waals surface area (Å²) in [6, 6.07) is 9.27. The van der Waals surface area contributed by atoms with Gasteiger partial charge in [-0.05, 0) is 55.7 Å². The topological polar surface area (TPSA) is 126 Å². The highest BCUT2D eigenvalue weighted by Crippen LogP contribution is 2.34. The van der Waals surface area contributed by atoms with E-state index >= 15 is 4.39 Å². The van der Waals surface area contributed by atoms with Crippen molar-refractivity contribution in [1.82, 2.24) is 24.8 Å². The van der Waals surface area contributed by atoms with Crippen LogP contribution in [-0.4, -0.2) is 58.3 Å². The molecule has 41 heavy (non-hydrogen) atoms. The first-order valence-corrected chi connectivity index (χ1v) is 13.4. The van der Waals surface area contributed by atoms with Crippen LogP contribution in [0.1, 0.15) is 53.9 Å². The Hall–Kier alpha value is -4.69. The van der Waals surface area contributed by atoms with Crippen LogP contribution in [0.3, 0.4) is 0 Å². The molecule has 1 N–H and O–H groups in total. The highest BCUT2D eigenvalue weighted by molar-refractivity contribution is 5.94. The van der Waals surface area contributed by atoms with Crippen molar-refractivity contribution in [2.24, 2.45) is 0 Å². The summed E-state index contributed by atoms with van der Waals surface area (Å²) in [5.41, 5.74) is 1.74. The van der Waals surface area contributed by atoms with Crippen LogP contribution in [0.2, 0.25) is 0 Å². The van der Waals surface area contributed by atoms with E-state index in [1.807, 2.05) is 32.6 Å². The number of nitrogens with zero attached hydrogens (tertiary/aromatic N) is 6. The summed E-state index contributed by atoms with van der Waals surface area (Å²) >= 11 is 0. The van der Waals surface area contributed by atoms with Crippen molar-refractivity contribution in [3.63, 3.8) is 0 Å². The molecule has 4 aromatic rings. The molecule has 3 aromatic heterocycles. The van der Waals surface area contributed by atoms with Crippen LogP contribution in [0.15, 0.2) is 41.3 Å². The van der Waals surface area contributed by atoms with Gasteiger partial charge < -0.3 is 15.0 Å². The Kier molecular flexibility index (Phi) is 7.51. The Balaban J connectivity index is 1.92. The number of aryl methyl sites for hydroxylation is 1. The van der Waals surface area contributed by atoms with Crippen molar-refractivity contribution in [3.05, 3.63) is 75.2 Å². The van der Waals surface area contributed by atoms with Crippen molar-refractivity contribution in [2.75, 3.05) is 31.6 Å². The number of carbonyl (C=O) groups excluding carboxylic acids is 1. The first kappa shape index (κ1) is 27.9. The molecule has 1 aliphatic heterocycles. The predicted octanol–water partition coefficient (Wildman–Crippen LogP) is 3.87. The van der Waals surface area contributed by atoms with Gasteiger partial charge in [0.1, 0.15) is 17.7 Å². The van der Waals surface area contributed by atoms with Crippen molar-refractivity contribution in [2.45, 2.75) is 39.7 Å². The summed E-state index contributed by atoms with van der Waals surface area (Å²) in [6.07, 6.45) is 1.69. The number of nitrogens with one attached hydrogen (secondary N) is 1. The van der Waals surface area contributed by atoms with Gasteiger partial charge in [-0.25, -0.2) is 23.5 Å². The van der Waals surface area contributed by atoms with Gasteiger partial charge in [-0.1, -0.05) is 13.8 Å². The quantitative estimate of drug-likeness (QED) is 0.365. The molecule has 0 saturated carbocycles. The lowest BCUT2D eigenvalue weighted by atomic mass is 10.0. The Morgan fingerprint density at radius 2 is 2.02 bits per heavy atom. The van der Waals surface area contributed by atoms with Gasteiger partial charge >= 0.3 is 11.7 Å². The summed E-state index contributed by atoms with van der Waals surface area (Å²) in [5, 5.41) is 14.0. The third-order valence-electron chi connectivity index (χ3n) is 7.31. The molecule has 1 saturated heterocycles. The van der Waals surface area contributed by atoms with Gasteiger partial charge in [0.2, 0.25) is 0 Å². The van der Waals surface area contributed by atoms with Crippen LogP contribution >= 0.6 is 0 Å². The highest BCUT2D eigenvalue weighted by atomic mass is 19.1. The maximum atomic E-state index is 15.3. The number of carbonyl (C=O) groups is 1. The molecule has 11 heteroatoms. The van der Waals surface area contributed by atoms with E-state index in [1.165, 1.54) is 23.8 Å². The van der Waals surface area contributed by atoms with Gasteiger partial charge in [-0.15, -0.1) is 0 Å². The van der Waals surface area contributed by atoms with E-state index in [-0.39, 0.29) is 40.0 Å². The number of piperazine rings is 1. The maximum absolute atomic E-state index is 15.3. The first-order chi connectivity index (χ1) is 19.7. The van der Waals surface area contributed by atoms with Gasteiger partial charge in [0.15, 0.2) is 5.65 Å². The van der Waals surface area contributed by atoms with Crippen LogP contribution in [0.25, 0.3) is 28.0 Å². The number of aromatic nitrogens is 4. The zero-order chi connectivity index (χ0) is 29.4. The lowest BCUT2D eigenvalue weighted by Gasteiger charge is -2.35. The average molecular weight is 556 g/mol. The summed E-state index contributed by atoms with van der Waals surface area (Å²) < 4.78 is 21.5. The third-order valence-corrected chi connectivity index (χ3v) is 7.31. The normalized spacial score (nSPS) is 15.3. The van der Waals surface area contributed by atoms with Crippen LogP contribution < -0.4 is 15.9 Å². The van der Waals surface area contributed by atoms with Crippen molar-refractivity contribution in [1.29, 1.82) is 5.26 Å². The molecular weight excluding hydrogens is 525 g/mol. The number of ether oxygens (including phenoxy) is 1. The van der Waals surface area contributed by atoms with Gasteiger partial charge in [0.25, 0.3) is 0 Å². The van der Waals surface area contributed by atoms with Crippen LogP contribution in [-0.2, 0) is 4.74 Å². The summed E-state index contributed by atoms with van der Waals surface area (Å²) in [5.74, 6) is -0.969. The molecule has 1 aromatic carbocycles. The Labute approximate surface area is 236 Å². The standard InChI is InChI=1S/C30H30FN7O3/c1-16(2)24-26(17(3)8-9-34-24)38-28-22(27(36-30(38)40)37-11-10-33-15-18(37)4)13-20(14-32)25(35-28)21-12-19(29(39)41-5)6-7-23(21)31/h6-9,12-13,16,18,33H,10-11,15H2,1-5H3/t18-/m0/s1. The third kappa shape index (κ3) is 4.91. The van der Waals surface area contributed by atoms with Crippen LogP contribution in [0.5, 0.6) is 0 Å². The van der Waals surface area contributed by atoms with Crippen molar-refractivity contribution in [3.8, 4) is 23.0 Å². The molecule has 1 aliphatic rings. The molecule has 1 fully saturated rings.